The lowest BCUT2D eigenvalue weighted by Gasteiger charge is -2.32. The van der Waals surface area contributed by atoms with Gasteiger partial charge in [-0.15, -0.1) is 0 Å². The number of hydrogen-bond acceptors (Lipinski definition) is 3. The van der Waals surface area contributed by atoms with E-state index in [9.17, 15) is 4.79 Å². The molecule has 2 heterocycles. The van der Waals surface area contributed by atoms with Gasteiger partial charge in [-0.3, -0.25) is 0 Å². The number of carboxylic acid groups (broad SMARTS) is 1. The Balaban J connectivity index is 2.35. The third kappa shape index (κ3) is 1.60. The molecule has 0 radical (unpaired) electrons. The number of carbonyl (C=O) groups is 1. The Morgan fingerprint density at radius 2 is 2.36 bits per heavy atom. The van der Waals surface area contributed by atoms with E-state index < -0.39 is 5.97 Å². The van der Waals surface area contributed by atoms with E-state index in [1.165, 1.54) is 0 Å². The lowest BCUT2D eigenvalue weighted by molar-refractivity contribution is -0.132. The zero-order valence-corrected chi connectivity index (χ0v) is 7.99. The minimum atomic E-state index is -0.849. The highest BCUT2D eigenvalue weighted by molar-refractivity contribution is 5.90. The molecule has 1 fully saturated rings. The zero-order chi connectivity index (χ0) is 9.97. The van der Waals surface area contributed by atoms with Crippen molar-refractivity contribution in [2.45, 2.75) is 12.8 Å². The van der Waals surface area contributed by atoms with Crippen LogP contribution in [0.1, 0.15) is 12.8 Å². The van der Waals surface area contributed by atoms with E-state index >= 15 is 0 Å². The first-order chi connectivity index (χ1) is 6.79. The molecule has 1 saturated heterocycles. The predicted molar refractivity (Wildman–Crippen MR) is 52.6 cm³/mol. The molecule has 0 spiro atoms. The maximum atomic E-state index is 11.0. The van der Waals surface area contributed by atoms with Crippen LogP contribution in [0.3, 0.4) is 0 Å². The summed E-state index contributed by atoms with van der Waals surface area (Å²) < 4.78 is 0. The van der Waals surface area contributed by atoms with Gasteiger partial charge in [-0.05, 0) is 18.9 Å². The fourth-order valence-electron chi connectivity index (χ4n) is 1.87. The summed E-state index contributed by atoms with van der Waals surface area (Å²) in [5, 5.41) is 12.2. The monoisotopic (exact) mass is 194 g/mol. The Morgan fingerprint density at radius 1 is 1.50 bits per heavy atom. The first kappa shape index (κ1) is 9.12. The first-order valence-electron chi connectivity index (χ1n) is 4.92. The summed E-state index contributed by atoms with van der Waals surface area (Å²) in [6, 6.07) is 0. The van der Waals surface area contributed by atoms with Crippen LogP contribution in [0.5, 0.6) is 0 Å². The van der Waals surface area contributed by atoms with Crippen molar-refractivity contribution in [1.82, 2.24) is 10.2 Å². The Labute approximate surface area is 82.9 Å². The van der Waals surface area contributed by atoms with Gasteiger partial charge in [0.2, 0.25) is 0 Å². The van der Waals surface area contributed by atoms with E-state index in [4.69, 9.17) is 5.11 Å². The quantitative estimate of drug-likeness (QED) is 0.639. The molecule has 0 amide bonds. The van der Waals surface area contributed by atoms with Gasteiger partial charge >= 0.3 is 5.97 Å². The van der Waals surface area contributed by atoms with Crippen LogP contribution in [0.25, 0.3) is 0 Å². The van der Waals surface area contributed by atoms with Gasteiger partial charge in [0.15, 0.2) is 0 Å². The first-order valence-corrected chi connectivity index (χ1v) is 4.92. The minimum Gasteiger partial charge on any atom is -0.478 e. The molecular formula is C10H14N2O2. The van der Waals surface area contributed by atoms with Crippen molar-refractivity contribution in [2.24, 2.45) is 0 Å². The van der Waals surface area contributed by atoms with Gasteiger partial charge in [0.25, 0.3) is 0 Å². The Hall–Kier alpha value is -1.45. The molecular weight excluding hydrogens is 180 g/mol. The van der Waals surface area contributed by atoms with Gasteiger partial charge < -0.3 is 15.3 Å². The minimum absolute atomic E-state index is 0.391. The van der Waals surface area contributed by atoms with Crippen molar-refractivity contribution in [3.63, 3.8) is 0 Å². The highest BCUT2D eigenvalue weighted by Gasteiger charge is 2.22. The Bertz CT molecular complexity index is 307. The van der Waals surface area contributed by atoms with Gasteiger partial charge in [0.1, 0.15) is 5.82 Å². The summed E-state index contributed by atoms with van der Waals surface area (Å²) in [5.41, 5.74) is 0.391. The van der Waals surface area contributed by atoms with Crippen LogP contribution in [-0.2, 0) is 4.79 Å². The van der Waals surface area contributed by atoms with Crippen molar-refractivity contribution in [1.29, 1.82) is 0 Å². The van der Waals surface area contributed by atoms with Gasteiger partial charge in [0.05, 0.1) is 5.57 Å². The summed E-state index contributed by atoms with van der Waals surface area (Å²) in [7, 11) is 0. The van der Waals surface area contributed by atoms with E-state index in [1.54, 1.807) is 6.08 Å². The van der Waals surface area contributed by atoms with Crippen LogP contribution in [0, 0.1) is 0 Å². The third-order valence-electron chi connectivity index (χ3n) is 2.55. The van der Waals surface area contributed by atoms with Crippen molar-refractivity contribution in [3.05, 3.63) is 23.5 Å². The fourth-order valence-corrected chi connectivity index (χ4v) is 1.87. The summed E-state index contributed by atoms with van der Waals surface area (Å²) in [4.78, 5) is 13.1. The maximum absolute atomic E-state index is 11.0. The standard InChI is InChI=1S/C10H14N2O2/c13-10(14)8-4-1-2-6-12-7-3-5-11-9(8)12/h1,4,11H,2-3,5-7H2,(H,13,14). The number of fused-ring (bicyclic) bond motifs is 1. The SMILES string of the molecule is O=C(O)C1=C2NCCCN2CCC=C1. The fraction of sp³-hybridized carbons (Fsp3) is 0.500. The number of rotatable bonds is 1. The van der Waals surface area contributed by atoms with E-state index in [-0.39, 0.29) is 0 Å². The Morgan fingerprint density at radius 3 is 3.14 bits per heavy atom. The van der Waals surface area contributed by atoms with Gasteiger partial charge in [-0.25, -0.2) is 4.79 Å². The number of nitrogens with one attached hydrogen (secondary N) is 1. The summed E-state index contributed by atoms with van der Waals surface area (Å²) in [5.74, 6) is -0.0601. The number of carboxylic acids is 1. The molecule has 0 atom stereocenters. The highest BCUT2D eigenvalue weighted by Crippen LogP contribution is 2.17. The molecule has 4 heteroatoms. The molecule has 0 aromatic heterocycles. The normalized spacial score (nSPS) is 21.3. The van der Waals surface area contributed by atoms with Gasteiger partial charge in [0, 0.05) is 19.6 Å². The van der Waals surface area contributed by atoms with Crippen LogP contribution in [0.2, 0.25) is 0 Å². The average molecular weight is 194 g/mol. The number of hydrogen-bond donors (Lipinski definition) is 2. The zero-order valence-electron chi connectivity index (χ0n) is 7.99. The highest BCUT2D eigenvalue weighted by atomic mass is 16.4. The van der Waals surface area contributed by atoms with E-state index in [1.807, 2.05) is 6.08 Å². The molecule has 0 aromatic rings. The van der Waals surface area contributed by atoms with E-state index in [0.29, 0.717) is 5.57 Å². The van der Waals surface area contributed by atoms with Crippen LogP contribution in [0.4, 0.5) is 0 Å². The molecule has 4 nitrogen and oxygen atoms in total. The van der Waals surface area contributed by atoms with Gasteiger partial charge in [-0.2, -0.15) is 0 Å². The van der Waals surface area contributed by atoms with Crippen molar-refractivity contribution in [2.75, 3.05) is 19.6 Å². The van der Waals surface area contributed by atoms with Crippen molar-refractivity contribution in [3.8, 4) is 0 Å². The topological polar surface area (TPSA) is 52.6 Å². The molecule has 0 bridgehead atoms. The lowest BCUT2D eigenvalue weighted by atomic mass is 10.2. The van der Waals surface area contributed by atoms with Crippen LogP contribution in [-0.4, -0.2) is 35.6 Å². The second kappa shape index (κ2) is 3.74. The van der Waals surface area contributed by atoms with Gasteiger partial charge in [-0.1, -0.05) is 6.08 Å². The van der Waals surface area contributed by atoms with Crippen molar-refractivity contribution >= 4 is 5.97 Å². The summed E-state index contributed by atoms with van der Waals surface area (Å²) in [6.45, 7) is 2.74. The lowest BCUT2D eigenvalue weighted by Crippen LogP contribution is -2.40. The molecule has 2 aliphatic rings. The molecule has 0 aromatic carbocycles. The van der Waals surface area contributed by atoms with Crippen LogP contribution < -0.4 is 5.32 Å². The molecule has 0 aliphatic carbocycles. The summed E-state index contributed by atoms with van der Waals surface area (Å²) >= 11 is 0. The second-order valence-electron chi connectivity index (χ2n) is 3.53. The maximum Gasteiger partial charge on any atom is 0.339 e. The molecule has 76 valence electrons. The molecule has 0 saturated carbocycles. The smallest absolute Gasteiger partial charge is 0.339 e. The van der Waals surface area contributed by atoms with E-state index in [0.717, 1.165) is 38.3 Å². The molecule has 2 rings (SSSR count). The van der Waals surface area contributed by atoms with Crippen LogP contribution in [0.15, 0.2) is 23.5 Å². The predicted octanol–water partition coefficient (Wildman–Crippen LogP) is 0.538. The van der Waals surface area contributed by atoms with E-state index in [2.05, 4.69) is 10.2 Å². The van der Waals surface area contributed by atoms with Crippen molar-refractivity contribution < 1.29 is 9.90 Å². The molecule has 14 heavy (non-hydrogen) atoms. The second-order valence-corrected chi connectivity index (χ2v) is 3.53. The number of nitrogens with zero attached hydrogens (tertiary/aromatic N) is 1. The third-order valence-corrected chi connectivity index (χ3v) is 2.55. The van der Waals surface area contributed by atoms with Crippen LogP contribution >= 0.6 is 0 Å². The average Bonchev–Trinajstić information content (AvgIpc) is 2.39. The molecule has 2 aliphatic heterocycles. The molecule has 2 N–H and O–H groups in total. The summed E-state index contributed by atoms with van der Waals surface area (Å²) in [6.07, 6.45) is 5.63. The largest absolute Gasteiger partial charge is 0.478 e. The molecule has 0 unspecified atom stereocenters. The number of aliphatic carboxylic acids is 1. The Kier molecular flexibility index (Phi) is 2.43.